The smallest absolute Gasteiger partial charge is 0.338 e. The maximum Gasteiger partial charge on any atom is 0.338 e. The molecule has 2 aromatic carbocycles. The highest BCUT2D eigenvalue weighted by molar-refractivity contribution is 8.00. The third kappa shape index (κ3) is 3.41. The Bertz CT molecular complexity index is 1530. The molecule has 0 spiro atoms. The standard InChI is InChI=1S/C28H23ClN2O5S2/c1-2-36-27(34)13-5-9-15(10-6-13)31-25(32)20-16-11-17(21(20)26(31)33)22-19(16)18(12-3-7-14(29)8-4-12)23-24(37-22)30-28(35)38-23/h3-10,16-22H,2,11H2,1H3,(H,30,35)/t16-,17+,18+,19+,20-,21+,22-/m1/s1. The van der Waals surface area contributed by atoms with Crippen LogP contribution in [0.3, 0.4) is 0 Å². The lowest BCUT2D eigenvalue weighted by Crippen LogP contribution is -2.42. The molecule has 4 aliphatic rings. The number of amides is 2. The molecule has 38 heavy (non-hydrogen) atoms. The van der Waals surface area contributed by atoms with E-state index in [1.807, 2.05) is 24.3 Å². The van der Waals surface area contributed by atoms with E-state index >= 15 is 0 Å². The zero-order valence-electron chi connectivity index (χ0n) is 20.3. The monoisotopic (exact) mass is 566 g/mol. The molecule has 1 aromatic heterocycles. The van der Waals surface area contributed by atoms with E-state index in [-0.39, 0.29) is 64.1 Å². The number of hydrogen-bond donors (Lipinski definition) is 1. The number of benzene rings is 2. The van der Waals surface area contributed by atoms with E-state index in [9.17, 15) is 19.2 Å². The Balaban J connectivity index is 1.25. The summed E-state index contributed by atoms with van der Waals surface area (Å²) in [6.07, 6.45) is 0.827. The van der Waals surface area contributed by atoms with Crippen molar-refractivity contribution in [1.29, 1.82) is 0 Å². The molecule has 3 fully saturated rings. The van der Waals surface area contributed by atoms with Crippen molar-refractivity contribution >= 4 is 58.2 Å². The molecular formula is C28H23ClN2O5S2. The predicted octanol–water partition coefficient (Wildman–Crippen LogP) is 4.94. The maximum absolute atomic E-state index is 13.9. The first-order valence-electron chi connectivity index (χ1n) is 12.7. The van der Waals surface area contributed by atoms with Crippen LogP contribution in [0, 0.1) is 29.6 Å². The zero-order valence-corrected chi connectivity index (χ0v) is 22.6. The van der Waals surface area contributed by atoms with E-state index < -0.39 is 5.97 Å². The largest absolute Gasteiger partial charge is 0.462 e. The molecule has 1 N–H and O–H groups in total. The SMILES string of the molecule is CCOC(=O)c1ccc(N2C(=O)[C@@H]3[C@@H]4C[C@H]([C@H]5Sc6[nH]c(=O)sc6[C@@H](c6ccc(Cl)cc6)[C@H]45)[C@@H]3C2=O)cc1. The summed E-state index contributed by atoms with van der Waals surface area (Å²) in [4.78, 5) is 57.3. The number of H-pyrrole nitrogens is 1. The highest BCUT2D eigenvalue weighted by atomic mass is 35.5. The normalized spacial score (nSPS) is 30.8. The molecule has 2 aliphatic heterocycles. The molecule has 0 unspecified atom stereocenters. The predicted molar refractivity (Wildman–Crippen MR) is 145 cm³/mol. The summed E-state index contributed by atoms with van der Waals surface area (Å²) in [5, 5.41) is 1.66. The van der Waals surface area contributed by atoms with E-state index in [4.69, 9.17) is 16.3 Å². The maximum atomic E-state index is 13.9. The van der Waals surface area contributed by atoms with Gasteiger partial charge in [0, 0.05) is 21.1 Å². The molecule has 3 heterocycles. The number of thioether (sulfide) groups is 1. The second kappa shape index (κ2) is 8.83. The molecule has 3 aromatic rings. The van der Waals surface area contributed by atoms with E-state index in [1.54, 1.807) is 43.0 Å². The molecule has 2 aliphatic carbocycles. The lowest BCUT2D eigenvalue weighted by atomic mass is 9.68. The van der Waals surface area contributed by atoms with Crippen LogP contribution >= 0.6 is 34.7 Å². The van der Waals surface area contributed by atoms with Gasteiger partial charge in [0.15, 0.2) is 0 Å². The van der Waals surface area contributed by atoms with Crippen LogP contribution in [0.25, 0.3) is 0 Å². The number of aromatic nitrogens is 1. The summed E-state index contributed by atoms with van der Waals surface area (Å²) in [5.41, 5.74) is 1.94. The number of aromatic amines is 1. The minimum absolute atomic E-state index is 0.0331. The van der Waals surface area contributed by atoms with Gasteiger partial charge in [-0.25, -0.2) is 4.79 Å². The van der Waals surface area contributed by atoms with Crippen molar-refractivity contribution in [2.45, 2.75) is 29.5 Å². The van der Waals surface area contributed by atoms with Crippen LogP contribution in [0.5, 0.6) is 0 Å². The molecule has 1 saturated heterocycles. The molecule has 0 radical (unpaired) electrons. The van der Waals surface area contributed by atoms with Crippen molar-refractivity contribution in [3.05, 3.63) is 79.2 Å². The molecule has 194 valence electrons. The minimum atomic E-state index is -0.437. The van der Waals surface area contributed by atoms with Gasteiger partial charge in [-0.1, -0.05) is 35.1 Å². The average molecular weight is 567 g/mol. The van der Waals surface area contributed by atoms with Crippen molar-refractivity contribution in [3.8, 4) is 0 Å². The highest BCUT2D eigenvalue weighted by Gasteiger charge is 2.69. The van der Waals surface area contributed by atoms with Gasteiger partial charge in [0.25, 0.3) is 0 Å². The van der Waals surface area contributed by atoms with Crippen molar-refractivity contribution in [2.24, 2.45) is 29.6 Å². The summed E-state index contributed by atoms with van der Waals surface area (Å²) in [6.45, 7) is 2.01. The second-order valence-electron chi connectivity index (χ2n) is 10.3. The Hall–Kier alpha value is -2.88. The van der Waals surface area contributed by atoms with Gasteiger partial charge in [-0.05, 0) is 73.1 Å². The number of esters is 1. The number of rotatable bonds is 4. The summed E-state index contributed by atoms with van der Waals surface area (Å²) >= 11 is 9.09. The summed E-state index contributed by atoms with van der Waals surface area (Å²) in [7, 11) is 0. The van der Waals surface area contributed by atoms with E-state index in [0.717, 1.165) is 21.9 Å². The average Bonchev–Trinajstić information content (AvgIpc) is 3.64. The zero-order chi connectivity index (χ0) is 26.3. The van der Waals surface area contributed by atoms with Crippen molar-refractivity contribution < 1.29 is 19.1 Å². The molecule has 7 nitrogen and oxygen atoms in total. The van der Waals surface area contributed by atoms with Crippen LogP contribution in [0.4, 0.5) is 5.69 Å². The van der Waals surface area contributed by atoms with Crippen LogP contribution in [-0.2, 0) is 14.3 Å². The lowest BCUT2D eigenvalue weighted by Gasteiger charge is -2.43. The van der Waals surface area contributed by atoms with Crippen LogP contribution in [0.1, 0.15) is 40.1 Å². The molecule has 2 bridgehead atoms. The van der Waals surface area contributed by atoms with Crippen molar-refractivity contribution in [2.75, 3.05) is 11.5 Å². The fourth-order valence-corrected chi connectivity index (χ4v) is 10.3. The van der Waals surface area contributed by atoms with E-state index in [0.29, 0.717) is 16.3 Å². The second-order valence-corrected chi connectivity index (χ2v) is 12.9. The van der Waals surface area contributed by atoms with Gasteiger partial charge in [0.2, 0.25) is 11.8 Å². The fraction of sp³-hybridized carbons (Fsp3) is 0.357. The van der Waals surface area contributed by atoms with Gasteiger partial charge in [-0.15, -0.1) is 11.8 Å². The molecule has 7 rings (SSSR count). The number of imide groups is 1. The molecule has 10 heteroatoms. The number of thiazole rings is 1. The van der Waals surface area contributed by atoms with Crippen LogP contribution in [0.15, 0.2) is 58.4 Å². The first kappa shape index (κ1) is 24.2. The van der Waals surface area contributed by atoms with Gasteiger partial charge < -0.3 is 9.72 Å². The van der Waals surface area contributed by atoms with Gasteiger partial charge in [-0.2, -0.15) is 0 Å². The van der Waals surface area contributed by atoms with Gasteiger partial charge in [0.1, 0.15) is 0 Å². The third-order valence-electron chi connectivity index (χ3n) is 8.59. The number of hydrogen-bond acceptors (Lipinski definition) is 7. The summed E-state index contributed by atoms with van der Waals surface area (Å²) in [6, 6.07) is 14.2. The molecule has 2 amide bonds. The van der Waals surface area contributed by atoms with Crippen molar-refractivity contribution in [3.63, 3.8) is 0 Å². The number of nitrogens with zero attached hydrogens (tertiary/aromatic N) is 1. The Morgan fingerprint density at radius 2 is 1.71 bits per heavy atom. The number of nitrogens with one attached hydrogen (secondary N) is 1. The van der Waals surface area contributed by atoms with Crippen molar-refractivity contribution in [1.82, 2.24) is 4.98 Å². The number of anilines is 1. The third-order valence-corrected chi connectivity index (χ3v) is 11.4. The Morgan fingerprint density at radius 3 is 2.39 bits per heavy atom. The first-order chi connectivity index (χ1) is 18.4. The topological polar surface area (TPSA) is 96.5 Å². The van der Waals surface area contributed by atoms with E-state index in [2.05, 4.69) is 4.98 Å². The molecular weight excluding hydrogens is 544 g/mol. The first-order valence-corrected chi connectivity index (χ1v) is 14.7. The Morgan fingerprint density at radius 1 is 1.03 bits per heavy atom. The number of halogens is 1. The summed E-state index contributed by atoms with van der Waals surface area (Å²) < 4.78 is 5.05. The Kier molecular flexibility index (Phi) is 5.62. The van der Waals surface area contributed by atoms with Gasteiger partial charge in [0.05, 0.1) is 34.7 Å². The quantitative estimate of drug-likeness (QED) is 0.355. The number of fused-ring (bicyclic) bond motifs is 9. The highest BCUT2D eigenvalue weighted by Crippen LogP contribution is 2.68. The number of carbonyl (C=O) groups is 3. The van der Waals surface area contributed by atoms with Gasteiger partial charge in [-0.3, -0.25) is 19.3 Å². The lowest BCUT2D eigenvalue weighted by molar-refractivity contribution is -0.123. The fourth-order valence-electron chi connectivity index (χ4n) is 7.28. The van der Waals surface area contributed by atoms with E-state index in [1.165, 1.54) is 16.2 Å². The number of carbonyl (C=O) groups excluding carboxylic acids is 3. The minimum Gasteiger partial charge on any atom is -0.462 e. The van der Waals surface area contributed by atoms with Crippen LogP contribution in [-0.4, -0.2) is 34.6 Å². The summed E-state index contributed by atoms with van der Waals surface area (Å²) in [5.74, 6) is -1.34. The number of ether oxygens (including phenoxy) is 1. The Labute approximate surface area is 231 Å². The van der Waals surface area contributed by atoms with Crippen LogP contribution in [0.2, 0.25) is 5.02 Å². The van der Waals surface area contributed by atoms with Crippen LogP contribution < -0.4 is 9.77 Å². The van der Waals surface area contributed by atoms with Gasteiger partial charge >= 0.3 is 10.8 Å². The molecule has 2 saturated carbocycles. The molecule has 7 atom stereocenters.